The molecule has 0 heterocycles. The summed E-state index contributed by atoms with van der Waals surface area (Å²) in [6.07, 6.45) is 2.26. The first-order chi connectivity index (χ1) is 8.24. The lowest BCUT2D eigenvalue weighted by atomic mass is 10.2. The summed E-state index contributed by atoms with van der Waals surface area (Å²) < 4.78 is 10.9. The van der Waals surface area contributed by atoms with E-state index in [9.17, 15) is 0 Å². The Morgan fingerprint density at radius 2 is 1.94 bits per heavy atom. The van der Waals surface area contributed by atoms with E-state index in [1.807, 2.05) is 12.1 Å². The predicted octanol–water partition coefficient (Wildman–Crippen LogP) is 3.26. The molecule has 0 aliphatic heterocycles. The van der Waals surface area contributed by atoms with E-state index in [-0.39, 0.29) is 0 Å². The molecule has 0 saturated carbocycles. The normalized spacial score (nSPS) is 10.7. The van der Waals surface area contributed by atoms with E-state index in [0.717, 1.165) is 25.0 Å². The molecule has 0 atom stereocenters. The van der Waals surface area contributed by atoms with Crippen LogP contribution in [0.15, 0.2) is 18.2 Å². The molecule has 0 aromatic heterocycles. The minimum Gasteiger partial charge on any atom is -0.398 e. The largest absolute Gasteiger partial charge is 0.398 e. The maximum atomic E-state index is 5.83. The van der Waals surface area contributed by atoms with Gasteiger partial charge in [0.2, 0.25) is 0 Å². The molecule has 1 aromatic carbocycles. The Morgan fingerprint density at radius 3 is 2.65 bits per heavy atom. The van der Waals surface area contributed by atoms with E-state index in [1.54, 1.807) is 6.07 Å². The van der Waals surface area contributed by atoms with Gasteiger partial charge in [-0.05, 0) is 24.1 Å². The second kappa shape index (κ2) is 8.34. The van der Waals surface area contributed by atoms with Crippen molar-refractivity contribution in [2.24, 2.45) is 0 Å². The summed E-state index contributed by atoms with van der Waals surface area (Å²) in [6.45, 7) is 4.74. The number of rotatable bonds is 8. The lowest BCUT2D eigenvalue weighted by Gasteiger charge is -2.06. The van der Waals surface area contributed by atoms with Crippen molar-refractivity contribution in [2.45, 2.75) is 26.4 Å². The summed E-state index contributed by atoms with van der Waals surface area (Å²) in [5.74, 6) is 0. The van der Waals surface area contributed by atoms with Crippen LogP contribution < -0.4 is 5.73 Å². The molecule has 0 spiro atoms. The fraction of sp³-hybridized carbons (Fsp3) is 0.538. The molecule has 1 rings (SSSR count). The predicted molar refractivity (Wildman–Crippen MR) is 71.2 cm³/mol. The average Bonchev–Trinajstić information content (AvgIpc) is 2.32. The molecule has 0 aliphatic rings. The van der Waals surface area contributed by atoms with Crippen molar-refractivity contribution < 1.29 is 9.47 Å². The van der Waals surface area contributed by atoms with Crippen LogP contribution in [0.2, 0.25) is 5.02 Å². The fourth-order valence-electron chi connectivity index (χ4n) is 1.34. The standard InChI is InChI=1S/C13H20ClNO2/c1-2-3-6-16-7-8-17-10-11-4-5-12(14)13(15)9-11/h4-5,9H,2-3,6-8,10,15H2,1H3. The molecule has 0 amide bonds. The van der Waals surface area contributed by atoms with Crippen LogP contribution >= 0.6 is 11.6 Å². The van der Waals surface area contributed by atoms with E-state index < -0.39 is 0 Å². The highest BCUT2D eigenvalue weighted by Gasteiger charge is 1.98. The number of benzene rings is 1. The Balaban J connectivity index is 2.11. The highest BCUT2D eigenvalue weighted by atomic mass is 35.5. The van der Waals surface area contributed by atoms with Crippen molar-refractivity contribution >= 4 is 17.3 Å². The van der Waals surface area contributed by atoms with Crippen LogP contribution in [0.5, 0.6) is 0 Å². The summed E-state index contributed by atoms with van der Waals surface area (Å²) in [5, 5.41) is 0.580. The Bertz CT molecular complexity index is 331. The van der Waals surface area contributed by atoms with Crippen LogP contribution in [0.4, 0.5) is 5.69 Å². The summed E-state index contributed by atoms with van der Waals surface area (Å²) in [5.41, 5.74) is 7.31. The summed E-state index contributed by atoms with van der Waals surface area (Å²) in [4.78, 5) is 0. The Hall–Kier alpha value is -0.770. The van der Waals surface area contributed by atoms with Gasteiger partial charge in [-0.2, -0.15) is 0 Å². The monoisotopic (exact) mass is 257 g/mol. The first-order valence-electron chi connectivity index (χ1n) is 5.93. The van der Waals surface area contributed by atoms with Crippen LogP contribution in [0.1, 0.15) is 25.3 Å². The highest BCUT2D eigenvalue weighted by Crippen LogP contribution is 2.19. The van der Waals surface area contributed by atoms with Crippen LogP contribution in [0, 0.1) is 0 Å². The van der Waals surface area contributed by atoms with E-state index in [0.29, 0.717) is 30.5 Å². The minimum absolute atomic E-state index is 0.540. The molecule has 0 unspecified atom stereocenters. The van der Waals surface area contributed by atoms with Crippen LogP contribution in [0.25, 0.3) is 0 Å². The number of nitrogen functional groups attached to an aromatic ring is 1. The quantitative estimate of drug-likeness (QED) is 0.574. The first kappa shape index (κ1) is 14.3. The van der Waals surface area contributed by atoms with E-state index >= 15 is 0 Å². The molecule has 0 radical (unpaired) electrons. The van der Waals surface area contributed by atoms with Crippen molar-refractivity contribution in [1.29, 1.82) is 0 Å². The number of ether oxygens (including phenoxy) is 2. The maximum Gasteiger partial charge on any atom is 0.0718 e. The van der Waals surface area contributed by atoms with Gasteiger partial charge in [0.15, 0.2) is 0 Å². The summed E-state index contributed by atoms with van der Waals surface area (Å²) in [7, 11) is 0. The maximum absolute atomic E-state index is 5.83. The van der Waals surface area contributed by atoms with Crippen molar-refractivity contribution in [2.75, 3.05) is 25.6 Å². The molecule has 17 heavy (non-hydrogen) atoms. The molecular weight excluding hydrogens is 238 g/mol. The molecule has 0 saturated heterocycles. The van der Waals surface area contributed by atoms with Gasteiger partial charge >= 0.3 is 0 Å². The topological polar surface area (TPSA) is 44.5 Å². The molecule has 4 heteroatoms. The lowest BCUT2D eigenvalue weighted by Crippen LogP contribution is -2.05. The third kappa shape index (κ3) is 5.91. The van der Waals surface area contributed by atoms with Crippen molar-refractivity contribution in [3.05, 3.63) is 28.8 Å². The number of halogens is 1. The fourth-order valence-corrected chi connectivity index (χ4v) is 1.46. The lowest BCUT2D eigenvalue weighted by molar-refractivity contribution is 0.0397. The van der Waals surface area contributed by atoms with Gasteiger partial charge in [0.25, 0.3) is 0 Å². The van der Waals surface area contributed by atoms with Crippen LogP contribution in [0.3, 0.4) is 0 Å². The Labute approximate surface area is 108 Å². The Morgan fingerprint density at radius 1 is 1.18 bits per heavy atom. The number of unbranched alkanes of at least 4 members (excludes halogenated alkanes) is 1. The van der Waals surface area contributed by atoms with Crippen molar-refractivity contribution in [3.8, 4) is 0 Å². The van der Waals surface area contributed by atoms with Gasteiger partial charge in [0.1, 0.15) is 0 Å². The van der Waals surface area contributed by atoms with Crippen molar-refractivity contribution in [1.82, 2.24) is 0 Å². The van der Waals surface area contributed by atoms with Gasteiger partial charge in [-0.3, -0.25) is 0 Å². The van der Waals surface area contributed by atoms with Gasteiger partial charge in [0, 0.05) is 6.61 Å². The molecule has 1 aromatic rings. The molecule has 3 nitrogen and oxygen atoms in total. The van der Waals surface area contributed by atoms with Gasteiger partial charge in [-0.25, -0.2) is 0 Å². The molecule has 96 valence electrons. The smallest absolute Gasteiger partial charge is 0.0718 e. The molecular formula is C13H20ClNO2. The summed E-state index contributed by atoms with van der Waals surface area (Å²) in [6, 6.07) is 5.53. The molecule has 2 N–H and O–H groups in total. The van der Waals surface area contributed by atoms with Crippen LogP contribution in [-0.4, -0.2) is 19.8 Å². The van der Waals surface area contributed by atoms with Gasteiger partial charge < -0.3 is 15.2 Å². The van der Waals surface area contributed by atoms with Gasteiger partial charge in [0.05, 0.1) is 30.5 Å². The number of anilines is 1. The zero-order valence-corrected chi connectivity index (χ0v) is 11.0. The third-order valence-electron chi connectivity index (χ3n) is 2.34. The van der Waals surface area contributed by atoms with Gasteiger partial charge in [-0.15, -0.1) is 0 Å². The van der Waals surface area contributed by atoms with E-state index in [2.05, 4.69) is 6.92 Å². The molecule has 0 bridgehead atoms. The SMILES string of the molecule is CCCCOCCOCc1ccc(Cl)c(N)c1. The van der Waals surface area contributed by atoms with Gasteiger partial charge in [-0.1, -0.05) is 31.0 Å². The Kier molecular flexibility index (Phi) is 7.01. The zero-order valence-electron chi connectivity index (χ0n) is 10.2. The molecule has 0 aliphatic carbocycles. The second-order valence-electron chi connectivity index (χ2n) is 3.87. The number of nitrogens with two attached hydrogens (primary N) is 1. The summed E-state index contributed by atoms with van der Waals surface area (Å²) >= 11 is 5.83. The third-order valence-corrected chi connectivity index (χ3v) is 2.69. The second-order valence-corrected chi connectivity index (χ2v) is 4.28. The number of hydrogen-bond donors (Lipinski definition) is 1. The van der Waals surface area contributed by atoms with E-state index in [1.165, 1.54) is 0 Å². The first-order valence-corrected chi connectivity index (χ1v) is 6.31. The highest BCUT2D eigenvalue weighted by molar-refractivity contribution is 6.33. The molecule has 0 fully saturated rings. The average molecular weight is 258 g/mol. The van der Waals surface area contributed by atoms with Crippen molar-refractivity contribution in [3.63, 3.8) is 0 Å². The van der Waals surface area contributed by atoms with Crippen LogP contribution in [-0.2, 0) is 16.1 Å². The minimum atomic E-state index is 0.540. The van der Waals surface area contributed by atoms with E-state index in [4.69, 9.17) is 26.8 Å². The zero-order chi connectivity index (χ0) is 12.5. The number of hydrogen-bond acceptors (Lipinski definition) is 3.